The fourth-order valence-electron chi connectivity index (χ4n) is 2.65. The minimum absolute atomic E-state index is 0.0156. The molecule has 1 aliphatic carbocycles. The standard InChI is InChI=1S/C17H31NO3S/c1-4-5-6-7-8-16(13-19)15(3)18-22(20,21)17-11-9-14(2)10-12-17/h9,11-12,14-16,18-19H,4-8,10,13H2,1-3H3/t14-,15+,16+/m0/s1. The van der Waals surface area contributed by atoms with E-state index in [1.165, 1.54) is 12.8 Å². The molecule has 0 saturated heterocycles. The second-order valence-corrected chi connectivity index (χ2v) is 8.09. The average molecular weight is 330 g/mol. The zero-order valence-corrected chi connectivity index (χ0v) is 14.9. The molecule has 0 heterocycles. The Morgan fingerprint density at radius 3 is 2.64 bits per heavy atom. The van der Waals surface area contributed by atoms with Gasteiger partial charge >= 0.3 is 0 Å². The van der Waals surface area contributed by atoms with Crippen molar-refractivity contribution in [3.8, 4) is 0 Å². The van der Waals surface area contributed by atoms with Gasteiger partial charge in [-0.1, -0.05) is 51.7 Å². The van der Waals surface area contributed by atoms with Crippen molar-refractivity contribution in [3.63, 3.8) is 0 Å². The molecule has 0 unspecified atom stereocenters. The Morgan fingerprint density at radius 1 is 1.36 bits per heavy atom. The van der Waals surface area contributed by atoms with Crippen LogP contribution in [0.2, 0.25) is 0 Å². The Labute approximate surface area is 135 Å². The highest BCUT2D eigenvalue weighted by molar-refractivity contribution is 7.93. The third-order valence-electron chi connectivity index (χ3n) is 4.30. The fourth-order valence-corrected chi connectivity index (χ4v) is 4.04. The predicted octanol–water partition coefficient (Wildman–Crippen LogP) is 3.35. The summed E-state index contributed by atoms with van der Waals surface area (Å²) in [5.74, 6) is 0.360. The summed E-state index contributed by atoms with van der Waals surface area (Å²) < 4.78 is 27.5. The summed E-state index contributed by atoms with van der Waals surface area (Å²) in [6.07, 6.45) is 11.5. The summed E-state index contributed by atoms with van der Waals surface area (Å²) in [5, 5.41) is 9.53. The third kappa shape index (κ3) is 6.23. The van der Waals surface area contributed by atoms with Gasteiger partial charge in [0.25, 0.3) is 0 Å². The molecule has 0 saturated carbocycles. The van der Waals surface area contributed by atoms with Crippen molar-refractivity contribution in [3.05, 3.63) is 23.1 Å². The lowest BCUT2D eigenvalue weighted by Gasteiger charge is -2.24. The van der Waals surface area contributed by atoms with E-state index in [2.05, 4.69) is 18.6 Å². The lowest BCUT2D eigenvalue weighted by molar-refractivity contribution is 0.192. The first-order valence-corrected chi connectivity index (χ1v) is 9.90. The van der Waals surface area contributed by atoms with Crippen LogP contribution in [0.4, 0.5) is 0 Å². The van der Waals surface area contributed by atoms with Gasteiger partial charge in [0, 0.05) is 12.6 Å². The van der Waals surface area contributed by atoms with Gasteiger partial charge in [-0.15, -0.1) is 0 Å². The van der Waals surface area contributed by atoms with Gasteiger partial charge in [0.2, 0.25) is 10.0 Å². The second kappa shape index (κ2) is 9.48. The summed E-state index contributed by atoms with van der Waals surface area (Å²) >= 11 is 0. The van der Waals surface area contributed by atoms with Gasteiger partial charge in [0.15, 0.2) is 0 Å². The van der Waals surface area contributed by atoms with Crippen molar-refractivity contribution in [1.29, 1.82) is 0 Å². The SMILES string of the molecule is CCCCCC[C@H](CO)[C@@H](C)NS(=O)(=O)C1=CC[C@@H](C)C=C1. The maximum atomic E-state index is 12.4. The van der Waals surface area contributed by atoms with Crippen LogP contribution in [0.1, 0.15) is 59.3 Å². The van der Waals surface area contributed by atoms with E-state index in [9.17, 15) is 13.5 Å². The molecule has 0 aromatic carbocycles. The first-order valence-electron chi connectivity index (χ1n) is 8.42. The summed E-state index contributed by atoms with van der Waals surface area (Å²) in [7, 11) is -3.48. The number of hydrogen-bond donors (Lipinski definition) is 2. The highest BCUT2D eigenvalue weighted by Gasteiger charge is 2.24. The largest absolute Gasteiger partial charge is 0.396 e. The summed E-state index contributed by atoms with van der Waals surface area (Å²) in [6.45, 7) is 6.08. The lowest BCUT2D eigenvalue weighted by atomic mass is 9.96. The number of unbranched alkanes of at least 4 members (excludes halogenated alkanes) is 3. The van der Waals surface area contributed by atoms with Crippen LogP contribution >= 0.6 is 0 Å². The maximum Gasteiger partial charge on any atom is 0.240 e. The Bertz CT molecular complexity index is 482. The Balaban J connectivity index is 2.57. The van der Waals surface area contributed by atoms with Gasteiger partial charge < -0.3 is 5.11 Å². The average Bonchev–Trinajstić information content (AvgIpc) is 2.47. The molecule has 3 atom stereocenters. The molecular weight excluding hydrogens is 298 g/mol. The van der Waals surface area contributed by atoms with Crippen LogP contribution in [0.25, 0.3) is 0 Å². The van der Waals surface area contributed by atoms with Gasteiger partial charge in [-0.2, -0.15) is 0 Å². The molecule has 0 aromatic heterocycles. The van der Waals surface area contributed by atoms with Crippen LogP contribution in [-0.2, 0) is 10.0 Å². The Morgan fingerprint density at radius 2 is 2.09 bits per heavy atom. The van der Waals surface area contributed by atoms with E-state index >= 15 is 0 Å². The van der Waals surface area contributed by atoms with E-state index in [4.69, 9.17) is 0 Å². The molecule has 0 bridgehead atoms. The third-order valence-corrected chi connectivity index (χ3v) is 5.91. The number of rotatable bonds is 10. The number of sulfonamides is 1. The van der Waals surface area contributed by atoms with Gasteiger partial charge in [-0.25, -0.2) is 13.1 Å². The first kappa shape index (κ1) is 19.4. The van der Waals surface area contributed by atoms with Crippen molar-refractivity contribution >= 4 is 10.0 Å². The molecule has 0 aliphatic heterocycles. The predicted molar refractivity (Wildman–Crippen MR) is 91.9 cm³/mol. The van der Waals surface area contributed by atoms with E-state index in [1.807, 2.05) is 13.0 Å². The molecule has 0 radical (unpaired) electrons. The lowest BCUT2D eigenvalue weighted by Crippen LogP contribution is -2.40. The molecule has 0 spiro atoms. The first-order chi connectivity index (χ1) is 10.4. The van der Waals surface area contributed by atoms with E-state index in [0.29, 0.717) is 10.8 Å². The zero-order valence-electron chi connectivity index (χ0n) is 14.1. The summed E-state index contributed by atoms with van der Waals surface area (Å²) in [4.78, 5) is 0.347. The summed E-state index contributed by atoms with van der Waals surface area (Å²) in [5.41, 5.74) is 0. The smallest absolute Gasteiger partial charge is 0.240 e. The molecule has 0 aromatic rings. The van der Waals surface area contributed by atoms with Crippen molar-refractivity contribution in [1.82, 2.24) is 4.72 Å². The van der Waals surface area contributed by atoms with Gasteiger partial charge in [-0.3, -0.25) is 0 Å². The number of hydrogen-bond acceptors (Lipinski definition) is 3. The van der Waals surface area contributed by atoms with Crippen molar-refractivity contribution in [2.24, 2.45) is 11.8 Å². The Kier molecular flexibility index (Phi) is 8.36. The quantitative estimate of drug-likeness (QED) is 0.604. The van der Waals surface area contributed by atoms with Gasteiger partial charge in [-0.05, 0) is 37.7 Å². The maximum absolute atomic E-state index is 12.4. The number of allylic oxidation sites excluding steroid dienone is 3. The van der Waals surface area contributed by atoms with Crippen LogP contribution in [0.5, 0.6) is 0 Å². The summed E-state index contributed by atoms with van der Waals surface area (Å²) in [6, 6.07) is -0.259. The molecule has 1 rings (SSSR count). The fraction of sp³-hybridized carbons (Fsp3) is 0.765. The molecule has 0 fully saturated rings. The molecule has 4 nitrogen and oxygen atoms in total. The van der Waals surface area contributed by atoms with Gasteiger partial charge in [0.05, 0.1) is 4.91 Å². The van der Waals surface area contributed by atoms with Crippen LogP contribution in [-0.4, -0.2) is 26.2 Å². The normalized spacial score (nSPS) is 21.5. The molecule has 0 amide bonds. The monoisotopic (exact) mass is 329 g/mol. The van der Waals surface area contributed by atoms with Crippen LogP contribution in [0.3, 0.4) is 0 Å². The Hall–Kier alpha value is -0.650. The van der Waals surface area contributed by atoms with E-state index in [1.54, 1.807) is 12.2 Å². The van der Waals surface area contributed by atoms with E-state index in [-0.39, 0.29) is 18.6 Å². The van der Waals surface area contributed by atoms with Crippen LogP contribution in [0, 0.1) is 11.8 Å². The number of aliphatic hydroxyl groups is 1. The van der Waals surface area contributed by atoms with Crippen molar-refractivity contribution < 1.29 is 13.5 Å². The topological polar surface area (TPSA) is 66.4 Å². The van der Waals surface area contributed by atoms with Crippen LogP contribution in [0.15, 0.2) is 23.1 Å². The highest BCUT2D eigenvalue weighted by atomic mass is 32.2. The minimum atomic E-state index is -3.48. The van der Waals surface area contributed by atoms with Crippen LogP contribution < -0.4 is 4.72 Å². The molecule has 128 valence electrons. The van der Waals surface area contributed by atoms with Gasteiger partial charge in [0.1, 0.15) is 0 Å². The van der Waals surface area contributed by atoms with Crippen molar-refractivity contribution in [2.45, 2.75) is 65.3 Å². The molecule has 22 heavy (non-hydrogen) atoms. The van der Waals surface area contributed by atoms with Crippen molar-refractivity contribution in [2.75, 3.05) is 6.61 Å². The molecule has 2 N–H and O–H groups in total. The second-order valence-electron chi connectivity index (χ2n) is 6.38. The van der Waals surface area contributed by atoms with E-state index in [0.717, 1.165) is 25.7 Å². The number of aliphatic hydroxyl groups excluding tert-OH is 1. The highest BCUT2D eigenvalue weighted by Crippen LogP contribution is 2.21. The molecule has 5 heteroatoms. The molecular formula is C17H31NO3S. The number of nitrogens with one attached hydrogen (secondary N) is 1. The zero-order chi connectivity index (χ0) is 16.6. The molecule has 1 aliphatic rings. The minimum Gasteiger partial charge on any atom is -0.396 e. The van der Waals surface area contributed by atoms with E-state index < -0.39 is 10.0 Å².